The summed E-state index contributed by atoms with van der Waals surface area (Å²) in [6.45, 7) is 1.84. The molecule has 0 spiro atoms. The van der Waals surface area contributed by atoms with Crippen molar-refractivity contribution in [2.75, 3.05) is 5.32 Å². The van der Waals surface area contributed by atoms with Crippen LogP contribution in [0.3, 0.4) is 0 Å². The molecule has 1 heterocycles. The molecule has 0 bridgehead atoms. The number of carbonyl (C=O) groups excluding carboxylic acids is 1. The molecule has 0 saturated heterocycles. The first-order chi connectivity index (χ1) is 10.7. The molecule has 0 aliphatic carbocycles. The highest BCUT2D eigenvalue weighted by Crippen LogP contribution is 2.21. The minimum absolute atomic E-state index is 0.220. The third-order valence-electron chi connectivity index (χ3n) is 2.84. The van der Waals surface area contributed by atoms with Gasteiger partial charge in [0.05, 0.1) is 0 Å². The van der Waals surface area contributed by atoms with Gasteiger partial charge in [-0.25, -0.2) is 0 Å². The first-order valence-corrected chi connectivity index (χ1v) is 7.47. The molecule has 0 unspecified atom stereocenters. The first kappa shape index (κ1) is 14.2. The third-order valence-corrected chi connectivity index (χ3v) is 3.60. The minimum atomic E-state index is -0.220. The Balaban J connectivity index is 1.67. The Labute approximate surface area is 131 Å². The number of anilines is 1. The van der Waals surface area contributed by atoms with Gasteiger partial charge in [0.2, 0.25) is 5.13 Å². The summed E-state index contributed by atoms with van der Waals surface area (Å²) in [5, 5.41) is 11.7. The van der Waals surface area contributed by atoms with Crippen LogP contribution in [0.4, 0.5) is 5.13 Å². The number of amides is 1. The lowest BCUT2D eigenvalue weighted by atomic mass is 10.2. The zero-order valence-electron chi connectivity index (χ0n) is 11.8. The van der Waals surface area contributed by atoms with E-state index in [0.717, 1.165) is 10.8 Å². The number of rotatable bonds is 4. The number of hydrogen-bond donors (Lipinski definition) is 1. The van der Waals surface area contributed by atoms with Crippen LogP contribution in [0, 0.1) is 6.92 Å². The van der Waals surface area contributed by atoms with Crippen molar-refractivity contribution in [3.8, 4) is 11.5 Å². The first-order valence-electron chi connectivity index (χ1n) is 6.65. The van der Waals surface area contributed by atoms with Crippen molar-refractivity contribution < 1.29 is 9.53 Å². The van der Waals surface area contributed by atoms with Crippen molar-refractivity contribution in [3.63, 3.8) is 0 Å². The van der Waals surface area contributed by atoms with Crippen LogP contribution in [0.15, 0.2) is 54.6 Å². The van der Waals surface area contributed by atoms with E-state index in [0.29, 0.717) is 16.4 Å². The Kier molecular flexibility index (Phi) is 4.11. The van der Waals surface area contributed by atoms with Crippen molar-refractivity contribution in [1.29, 1.82) is 0 Å². The fourth-order valence-electron chi connectivity index (χ4n) is 1.82. The Morgan fingerprint density at radius 3 is 2.32 bits per heavy atom. The lowest BCUT2D eigenvalue weighted by Gasteiger charge is -2.06. The molecule has 110 valence electrons. The highest BCUT2D eigenvalue weighted by atomic mass is 32.1. The van der Waals surface area contributed by atoms with Gasteiger partial charge in [0.15, 0.2) is 0 Å². The molecular weight excluding hydrogens is 298 g/mol. The van der Waals surface area contributed by atoms with Gasteiger partial charge in [-0.05, 0) is 43.3 Å². The van der Waals surface area contributed by atoms with Crippen LogP contribution in [0.5, 0.6) is 11.5 Å². The van der Waals surface area contributed by atoms with Crippen LogP contribution in [0.1, 0.15) is 15.4 Å². The van der Waals surface area contributed by atoms with Gasteiger partial charge in [-0.1, -0.05) is 29.5 Å². The summed E-state index contributed by atoms with van der Waals surface area (Å²) in [5.74, 6) is 1.21. The second-order valence-electron chi connectivity index (χ2n) is 4.52. The van der Waals surface area contributed by atoms with Gasteiger partial charge < -0.3 is 4.74 Å². The lowest BCUT2D eigenvalue weighted by molar-refractivity contribution is 0.102. The fraction of sp³-hybridized carbons (Fsp3) is 0.0625. The molecule has 0 aliphatic rings. The van der Waals surface area contributed by atoms with Gasteiger partial charge in [0.1, 0.15) is 16.5 Å². The van der Waals surface area contributed by atoms with Crippen molar-refractivity contribution in [3.05, 3.63) is 65.2 Å². The maximum Gasteiger partial charge on any atom is 0.257 e. The van der Waals surface area contributed by atoms with E-state index in [9.17, 15) is 4.79 Å². The molecule has 1 N–H and O–H groups in total. The summed E-state index contributed by atoms with van der Waals surface area (Å²) >= 11 is 1.34. The molecule has 6 heteroatoms. The number of ether oxygens (including phenoxy) is 1. The predicted octanol–water partition coefficient (Wildman–Crippen LogP) is 3.89. The molecule has 0 radical (unpaired) electrons. The van der Waals surface area contributed by atoms with Gasteiger partial charge in [0, 0.05) is 5.56 Å². The maximum absolute atomic E-state index is 12.1. The van der Waals surface area contributed by atoms with E-state index in [1.807, 2.05) is 37.3 Å². The average molecular weight is 311 g/mol. The molecular formula is C16H13N3O2S. The van der Waals surface area contributed by atoms with Gasteiger partial charge in [-0.3, -0.25) is 10.1 Å². The second kappa shape index (κ2) is 6.36. The largest absolute Gasteiger partial charge is 0.457 e. The van der Waals surface area contributed by atoms with E-state index >= 15 is 0 Å². The fourth-order valence-corrected chi connectivity index (χ4v) is 2.40. The molecule has 2 aromatic carbocycles. The van der Waals surface area contributed by atoms with Crippen molar-refractivity contribution in [1.82, 2.24) is 10.2 Å². The van der Waals surface area contributed by atoms with Gasteiger partial charge in [-0.15, -0.1) is 10.2 Å². The van der Waals surface area contributed by atoms with Crippen molar-refractivity contribution >= 4 is 22.4 Å². The Bertz CT molecular complexity index is 770. The summed E-state index contributed by atoms with van der Waals surface area (Å²) < 4.78 is 5.68. The number of nitrogens with zero attached hydrogens (tertiary/aromatic N) is 2. The van der Waals surface area contributed by atoms with Crippen LogP contribution < -0.4 is 10.1 Å². The van der Waals surface area contributed by atoms with Crippen molar-refractivity contribution in [2.24, 2.45) is 0 Å². The summed E-state index contributed by atoms with van der Waals surface area (Å²) in [4.78, 5) is 12.1. The van der Waals surface area contributed by atoms with E-state index in [2.05, 4.69) is 15.5 Å². The minimum Gasteiger partial charge on any atom is -0.457 e. The summed E-state index contributed by atoms with van der Waals surface area (Å²) in [5.41, 5.74) is 0.535. The number of aromatic nitrogens is 2. The number of benzene rings is 2. The second-order valence-corrected chi connectivity index (χ2v) is 5.70. The average Bonchev–Trinajstić information content (AvgIpc) is 2.94. The molecule has 3 rings (SSSR count). The van der Waals surface area contributed by atoms with Gasteiger partial charge in [-0.2, -0.15) is 0 Å². The zero-order valence-corrected chi connectivity index (χ0v) is 12.6. The van der Waals surface area contributed by atoms with Crippen LogP contribution in [0.25, 0.3) is 0 Å². The molecule has 0 aliphatic heterocycles. The van der Waals surface area contributed by atoms with Crippen LogP contribution >= 0.6 is 11.3 Å². The number of hydrogen-bond acceptors (Lipinski definition) is 5. The lowest BCUT2D eigenvalue weighted by Crippen LogP contribution is -2.11. The summed E-state index contributed by atoms with van der Waals surface area (Å²) in [6.07, 6.45) is 0. The number of nitrogens with one attached hydrogen (secondary N) is 1. The molecule has 1 amide bonds. The molecule has 0 saturated carbocycles. The van der Waals surface area contributed by atoms with Crippen LogP contribution in [-0.2, 0) is 0 Å². The van der Waals surface area contributed by atoms with E-state index in [1.54, 1.807) is 24.3 Å². The summed E-state index contributed by atoms with van der Waals surface area (Å²) in [7, 11) is 0. The van der Waals surface area contributed by atoms with E-state index in [-0.39, 0.29) is 5.91 Å². The van der Waals surface area contributed by atoms with Gasteiger partial charge >= 0.3 is 0 Å². The van der Waals surface area contributed by atoms with E-state index in [1.165, 1.54) is 11.3 Å². The normalized spacial score (nSPS) is 10.2. The molecule has 0 fully saturated rings. The third kappa shape index (κ3) is 3.48. The maximum atomic E-state index is 12.1. The van der Waals surface area contributed by atoms with E-state index < -0.39 is 0 Å². The molecule has 5 nitrogen and oxygen atoms in total. The topological polar surface area (TPSA) is 64.1 Å². The number of aryl methyl sites for hydroxylation is 1. The quantitative estimate of drug-likeness (QED) is 0.794. The highest BCUT2D eigenvalue weighted by Gasteiger charge is 2.09. The van der Waals surface area contributed by atoms with Crippen LogP contribution in [-0.4, -0.2) is 16.1 Å². The summed E-state index contributed by atoms with van der Waals surface area (Å²) in [6, 6.07) is 16.4. The SMILES string of the molecule is Cc1nnc(NC(=O)c2ccc(Oc3ccccc3)cc2)s1. The molecule has 22 heavy (non-hydrogen) atoms. The molecule has 0 atom stereocenters. The van der Waals surface area contributed by atoms with Gasteiger partial charge in [0.25, 0.3) is 5.91 Å². The number of carbonyl (C=O) groups is 1. The Morgan fingerprint density at radius 1 is 1.00 bits per heavy atom. The highest BCUT2D eigenvalue weighted by molar-refractivity contribution is 7.15. The molecule has 3 aromatic rings. The van der Waals surface area contributed by atoms with Crippen molar-refractivity contribution in [2.45, 2.75) is 6.92 Å². The molecule has 1 aromatic heterocycles. The van der Waals surface area contributed by atoms with E-state index in [4.69, 9.17) is 4.74 Å². The Morgan fingerprint density at radius 2 is 1.68 bits per heavy atom. The predicted molar refractivity (Wildman–Crippen MR) is 85.6 cm³/mol. The van der Waals surface area contributed by atoms with Crippen LogP contribution in [0.2, 0.25) is 0 Å². The monoisotopic (exact) mass is 311 g/mol. The Hall–Kier alpha value is -2.73. The smallest absolute Gasteiger partial charge is 0.257 e. The number of para-hydroxylation sites is 1. The zero-order chi connectivity index (χ0) is 15.4. The standard InChI is InChI=1S/C16H13N3O2S/c1-11-18-19-16(22-11)17-15(20)12-7-9-14(10-8-12)21-13-5-3-2-4-6-13/h2-10H,1H3,(H,17,19,20).